The first-order chi connectivity index (χ1) is 11.0. The molecule has 1 heterocycles. The highest BCUT2D eigenvalue weighted by molar-refractivity contribution is 7.90. The van der Waals surface area contributed by atoms with Crippen LogP contribution in [0.1, 0.15) is 20.3 Å². The van der Waals surface area contributed by atoms with Crippen molar-refractivity contribution in [1.29, 1.82) is 0 Å². The summed E-state index contributed by atoms with van der Waals surface area (Å²) >= 11 is 0. The fourth-order valence-corrected chi connectivity index (χ4v) is 3.85. The number of allylic oxidation sites excluding steroid dienone is 1. The van der Waals surface area contributed by atoms with Gasteiger partial charge in [0.25, 0.3) is 0 Å². The predicted octanol–water partition coefficient (Wildman–Crippen LogP) is 1.00. The first kappa shape index (κ1) is 18.1. The van der Waals surface area contributed by atoms with Gasteiger partial charge in [0.1, 0.15) is 0 Å². The number of rotatable bonds is 4. The van der Waals surface area contributed by atoms with Crippen molar-refractivity contribution in [3.63, 3.8) is 0 Å². The zero-order valence-corrected chi connectivity index (χ0v) is 15.0. The third-order valence-corrected chi connectivity index (χ3v) is 5.54. The molecule has 0 spiro atoms. The lowest BCUT2D eigenvalue weighted by atomic mass is 10.1. The molecule has 0 fully saturated rings. The lowest BCUT2D eigenvalue weighted by Gasteiger charge is -2.17. The second-order valence-corrected chi connectivity index (χ2v) is 8.73. The Morgan fingerprint density at radius 1 is 1.21 bits per heavy atom. The van der Waals surface area contributed by atoms with E-state index < -0.39 is 20.0 Å². The lowest BCUT2D eigenvalue weighted by molar-refractivity contribution is -0.115. The Balaban J connectivity index is 2.10. The normalized spacial score (nSPS) is 17.0. The van der Waals surface area contributed by atoms with Gasteiger partial charge in [-0.1, -0.05) is 0 Å². The van der Waals surface area contributed by atoms with Gasteiger partial charge in [0.05, 0.1) is 17.0 Å². The maximum atomic E-state index is 12.1. The Labute approximate surface area is 140 Å². The number of nitrogens with one attached hydrogen (secondary N) is 2. The molecule has 130 valence electrons. The van der Waals surface area contributed by atoms with Crippen molar-refractivity contribution in [1.82, 2.24) is 4.72 Å². The average molecular weight is 371 g/mol. The van der Waals surface area contributed by atoms with Crippen LogP contribution in [0.5, 0.6) is 0 Å². The molecule has 0 aromatic heterocycles. The summed E-state index contributed by atoms with van der Waals surface area (Å²) in [5.74, 6) is -0.368. The highest BCUT2D eigenvalue weighted by atomic mass is 32.2. The molecule has 8 nitrogen and oxygen atoms in total. The van der Waals surface area contributed by atoms with E-state index in [0.717, 1.165) is 6.26 Å². The average Bonchev–Trinajstić information content (AvgIpc) is 2.41. The molecule has 0 atom stereocenters. The van der Waals surface area contributed by atoms with Gasteiger partial charge in [0.2, 0.25) is 5.91 Å². The van der Waals surface area contributed by atoms with E-state index in [9.17, 15) is 21.6 Å². The summed E-state index contributed by atoms with van der Waals surface area (Å²) in [6, 6.07) is 5.77. The highest BCUT2D eigenvalue weighted by Gasteiger charge is 2.22. The smallest absolute Gasteiger partial charge is 0.326 e. The van der Waals surface area contributed by atoms with Gasteiger partial charge in [-0.2, -0.15) is 8.42 Å². The quantitative estimate of drug-likeness (QED) is 0.818. The lowest BCUT2D eigenvalue weighted by Crippen LogP contribution is -2.29. The van der Waals surface area contributed by atoms with Crippen LogP contribution in [0.3, 0.4) is 0 Å². The maximum absolute atomic E-state index is 12.1. The van der Waals surface area contributed by atoms with Crippen molar-refractivity contribution in [2.75, 3.05) is 11.6 Å². The van der Waals surface area contributed by atoms with Gasteiger partial charge < -0.3 is 5.32 Å². The fraction of sp³-hybridized carbons (Fsp3) is 0.286. The maximum Gasteiger partial charge on any atom is 0.342 e. The van der Waals surface area contributed by atoms with Crippen LogP contribution in [0, 0.1) is 0 Å². The zero-order valence-electron chi connectivity index (χ0n) is 13.3. The molecule has 2 N–H and O–H groups in total. The minimum absolute atomic E-state index is 0.0580. The number of carbonyl (C=O) groups excluding carboxylic acids is 1. The largest absolute Gasteiger partial charge is 0.342 e. The van der Waals surface area contributed by atoms with Crippen LogP contribution in [0.25, 0.3) is 0 Å². The van der Waals surface area contributed by atoms with Crippen LogP contribution in [0.4, 0.5) is 5.69 Å². The molecule has 1 amide bonds. The topological polar surface area (TPSA) is 122 Å². The predicted molar refractivity (Wildman–Crippen MR) is 90.7 cm³/mol. The molecule has 0 bridgehead atoms. The summed E-state index contributed by atoms with van der Waals surface area (Å²) < 4.78 is 51.4. The molecule has 0 unspecified atom stereocenters. The molecule has 1 aliphatic rings. The number of anilines is 1. The van der Waals surface area contributed by atoms with Crippen LogP contribution in [-0.4, -0.2) is 34.7 Å². The van der Waals surface area contributed by atoms with Gasteiger partial charge in [-0.05, 0) is 38.1 Å². The number of amides is 1. The molecule has 0 saturated heterocycles. The van der Waals surface area contributed by atoms with Crippen LogP contribution in [0.15, 0.2) is 44.8 Å². The Bertz CT molecular complexity index is 943. The summed E-state index contributed by atoms with van der Waals surface area (Å²) in [4.78, 5) is 12.3. The first-order valence-electron chi connectivity index (χ1n) is 6.87. The monoisotopic (exact) mass is 371 g/mol. The number of carbonyl (C=O) groups is 1. The van der Waals surface area contributed by atoms with Crippen LogP contribution < -0.4 is 10.0 Å². The summed E-state index contributed by atoms with van der Waals surface area (Å²) in [6.07, 6.45) is 1.04. The van der Waals surface area contributed by atoms with Crippen molar-refractivity contribution in [2.45, 2.75) is 25.2 Å². The van der Waals surface area contributed by atoms with E-state index in [-0.39, 0.29) is 22.9 Å². The molecule has 1 aromatic carbocycles. The summed E-state index contributed by atoms with van der Waals surface area (Å²) in [7, 11) is -7.03. The van der Waals surface area contributed by atoms with Crippen molar-refractivity contribution in [2.24, 2.45) is 4.40 Å². The van der Waals surface area contributed by atoms with E-state index >= 15 is 0 Å². The Morgan fingerprint density at radius 3 is 2.29 bits per heavy atom. The highest BCUT2D eigenvalue weighted by Crippen LogP contribution is 2.18. The van der Waals surface area contributed by atoms with E-state index in [1.165, 1.54) is 31.2 Å². The van der Waals surface area contributed by atoms with Gasteiger partial charge in [-0.15, -0.1) is 4.40 Å². The third kappa shape index (κ3) is 4.42. The number of nitrogens with zero attached hydrogens (tertiary/aromatic N) is 1. The third-order valence-electron chi connectivity index (χ3n) is 3.33. The minimum Gasteiger partial charge on any atom is -0.326 e. The molecule has 0 saturated carbocycles. The number of benzene rings is 1. The minimum atomic E-state index is -3.74. The van der Waals surface area contributed by atoms with Crippen LogP contribution >= 0.6 is 0 Å². The molecule has 0 aliphatic carbocycles. The van der Waals surface area contributed by atoms with Crippen molar-refractivity contribution >= 4 is 37.4 Å². The van der Waals surface area contributed by atoms with Gasteiger partial charge in [0, 0.05) is 23.2 Å². The van der Waals surface area contributed by atoms with E-state index in [1.54, 1.807) is 6.92 Å². The van der Waals surface area contributed by atoms with E-state index in [2.05, 4.69) is 14.4 Å². The Hall–Kier alpha value is -2.20. The van der Waals surface area contributed by atoms with E-state index in [1.807, 2.05) is 0 Å². The number of sulfone groups is 1. The molecule has 10 heteroatoms. The molecule has 0 radical (unpaired) electrons. The summed E-state index contributed by atoms with van der Waals surface area (Å²) in [5.41, 5.74) is 1.55. The van der Waals surface area contributed by atoms with Crippen molar-refractivity contribution in [3.8, 4) is 0 Å². The molecule has 1 aliphatic heterocycles. The molecular weight excluding hydrogens is 354 g/mol. The zero-order chi connectivity index (χ0) is 18.1. The second-order valence-electron chi connectivity index (χ2n) is 5.38. The number of hydrogen-bond acceptors (Lipinski definition) is 5. The Morgan fingerprint density at radius 2 is 1.79 bits per heavy atom. The molecular formula is C14H17N3O5S2. The standard InChI is InChI=1S/C14H17N3O5S2/c1-9-13(10(2)17-24(21,22)16-9)8-14(18)15-11-4-6-12(7-5-11)23(3,19)20/h4-7,16H,8H2,1-3H3,(H,15,18). The Kier molecular flexibility index (Phi) is 4.81. The van der Waals surface area contributed by atoms with Gasteiger partial charge in [-0.3, -0.25) is 9.52 Å². The van der Waals surface area contributed by atoms with Crippen molar-refractivity contribution in [3.05, 3.63) is 35.5 Å². The SMILES string of the molecule is CC1=NS(=O)(=O)NC(C)=C1CC(=O)Nc1ccc(S(C)(=O)=O)cc1. The number of hydrogen-bond donors (Lipinski definition) is 2. The van der Waals surface area contributed by atoms with Gasteiger partial charge in [0.15, 0.2) is 9.84 Å². The molecule has 2 rings (SSSR count). The van der Waals surface area contributed by atoms with E-state index in [4.69, 9.17) is 0 Å². The van der Waals surface area contributed by atoms with Crippen molar-refractivity contribution < 1.29 is 21.6 Å². The first-order valence-corrected chi connectivity index (χ1v) is 10.2. The second kappa shape index (κ2) is 6.36. The van der Waals surface area contributed by atoms with Crippen LogP contribution in [-0.2, 0) is 24.8 Å². The van der Waals surface area contributed by atoms with E-state index in [0.29, 0.717) is 17.0 Å². The molecule has 24 heavy (non-hydrogen) atoms. The molecule has 1 aromatic rings. The summed E-state index contributed by atoms with van der Waals surface area (Å²) in [6.45, 7) is 3.07. The summed E-state index contributed by atoms with van der Waals surface area (Å²) in [5, 5.41) is 2.63. The van der Waals surface area contributed by atoms with Gasteiger partial charge >= 0.3 is 10.2 Å². The van der Waals surface area contributed by atoms with Crippen LogP contribution in [0.2, 0.25) is 0 Å². The fourth-order valence-electron chi connectivity index (χ4n) is 2.20. The van der Waals surface area contributed by atoms with Gasteiger partial charge in [-0.25, -0.2) is 8.42 Å².